The Labute approximate surface area is 134 Å². The van der Waals surface area contributed by atoms with E-state index in [4.69, 9.17) is 0 Å². The van der Waals surface area contributed by atoms with Gasteiger partial charge in [-0.05, 0) is 38.3 Å². The Bertz CT molecular complexity index is 655. The number of hydrogen-bond donors (Lipinski definition) is 1. The molecular formula is C16H20N4OS. The molecule has 0 bridgehead atoms. The number of aryl methyl sites for hydroxylation is 1. The van der Waals surface area contributed by atoms with Gasteiger partial charge >= 0.3 is 0 Å². The SMILES string of the molecule is CCNc1nc(C)c(C(=O)N2CCCC2c2cccnc2)s1. The fraction of sp³-hybridized carbons (Fsp3) is 0.438. The van der Waals surface area contributed by atoms with E-state index in [1.807, 2.05) is 37.1 Å². The van der Waals surface area contributed by atoms with Gasteiger partial charge in [0.15, 0.2) is 5.13 Å². The van der Waals surface area contributed by atoms with Crippen LogP contribution in [-0.2, 0) is 0 Å². The van der Waals surface area contributed by atoms with E-state index in [2.05, 4.69) is 15.3 Å². The number of anilines is 1. The molecule has 0 radical (unpaired) electrons. The monoisotopic (exact) mass is 316 g/mol. The Morgan fingerprint density at radius 1 is 1.55 bits per heavy atom. The Balaban J connectivity index is 1.85. The van der Waals surface area contributed by atoms with E-state index in [1.54, 1.807) is 6.20 Å². The molecule has 3 heterocycles. The molecular weight excluding hydrogens is 296 g/mol. The van der Waals surface area contributed by atoms with E-state index >= 15 is 0 Å². The highest BCUT2D eigenvalue weighted by Crippen LogP contribution is 2.34. The van der Waals surface area contributed by atoms with Gasteiger partial charge < -0.3 is 10.2 Å². The lowest BCUT2D eigenvalue weighted by Gasteiger charge is -2.24. The average Bonchev–Trinajstić information content (AvgIpc) is 3.15. The molecule has 1 unspecified atom stereocenters. The smallest absolute Gasteiger partial charge is 0.266 e. The summed E-state index contributed by atoms with van der Waals surface area (Å²) >= 11 is 1.45. The molecule has 0 aliphatic carbocycles. The first-order valence-electron chi connectivity index (χ1n) is 7.63. The maximum absolute atomic E-state index is 12.9. The topological polar surface area (TPSA) is 58.1 Å². The molecule has 1 amide bonds. The largest absolute Gasteiger partial charge is 0.362 e. The van der Waals surface area contributed by atoms with Gasteiger partial charge in [-0.25, -0.2) is 4.98 Å². The summed E-state index contributed by atoms with van der Waals surface area (Å²) in [5, 5.41) is 4.00. The van der Waals surface area contributed by atoms with Gasteiger partial charge in [-0.15, -0.1) is 0 Å². The van der Waals surface area contributed by atoms with Gasteiger partial charge in [-0.1, -0.05) is 17.4 Å². The minimum absolute atomic E-state index is 0.0884. The standard InChI is InChI=1S/C16H20N4OS/c1-3-18-16-19-11(2)14(22-16)15(21)20-9-5-7-13(20)12-6-4-8-17-10-12/h4,6,8,10,13H,3,5,7,9H2,1-2H3,(H,18,19). The van der Waals surface area contributed by atoms with Crippen LogP contribution in [0.5, 0.6) is 0 Å². The van der Waals surface area contributed by atoms with Crippen LogP contribution in [0.1, 0.15) is 46.7 Å². The normalized spacial score (nSPS) is 17.7. The summed E-state index contributed by atoms with van der Waals surface area (Å²) in [5.74, 6) is 0.0884. The lowest BCUT2D eigenvalue weighted by molar-refractivity contribution is 0.0739. The van der Waals surface area contributed by atoms with Crippen LogP contribution in [0.4, 0.5) is 5.13 Å². The molecule has 2 aromatic heterocycles. The second kappa shape index (κ2) is 6.44. The van der Waals surface area contributed by atoms with Gasteiger partial charge in [-0.2, -0.15) is 0 Å². The van der Waals surface area contributed by atoms with Crippen LogP contribution < -0.4 is 5.32 Å². The van der Waals surface area contributed by atoms with Crippen molar-refractivity contribution in [3.05, 3.63) is 40.7 Å². The van der Waals surface area contributed by atoms with Crippen LogP contribution in [0.2, 0.25) is 0 Å². The van der Waals surface area contributed by atoms with E-state index in [-0.39, 0.29) is 11.9 Å². The Morgan fingerprint density at radius 2 is 2.41 bits per heavy atom. The zero-order valence-electron chi connectivity index (χ0n) is 12.9. The third-order valence-corrected chi connectivity index (χ3v) is 5.00. The molecule has 0 saturated carbocycles. The summed E-state index contributed by atoms with van der Waals surface area (Å²) in [6.45, 7) is 5.53. The number of aromatic nitrogens is 2. The number of carbonyl (C=O) groups excluding carboxylic acids is 1. The van der Waals surface area contributed by atoms with E-state index in [1.165, 1.54) is 11.3 Å². The molecule has 1 fully saturated rings. The molecule has 1 aliphatic heterocycles. The first kappa shape index (κ1) is 15.0. The average molecular weight is 316 g/mol. The van der Waals surface area contributed by atoms with Crippen molar-refractivity contribution >= 4 is 22.4 Å². The summed E-state index contributed by atoms with van der Waals surface area (Å²) in [4.78, 5) is 24.2. The molecule has 1 N–H and O–H groups in total. The highest BCUT2D eigenvalue weighted by atomic mass is 32.1. The van der Waals surface area contributed by atoms with Crippen molar-refractivity contribution in [2.45, 2.75) is 32.7 Å². The van der Waals surface area contributed by atoms with Crippen LogP contribution >= 0.6 is 11.3 Å². The van der Waals surface area contributed by atoms with Gasteiger partial charge in [0.2, 0.25) is 0 Å². The number of rotatable bonds is 4. The number of hydrogen-bond acceptors (Lipinski definition) is 5. The zero-order chi connectivity index (χ0) is 15.5. The third kappa shape index (κ3) is 2.83. The first-order chi connectivity index (χ1) is 10.7. The number of amides is 1. The van der Waals surface area contributed by atoms with Crippen LogP contribution in [0, 0.1) is 6.92 Å². The number of likely N-dealkylation sites (tertiary alicyclic amines) is 1. The fourth-order valence-electron chi connectivity index (χ4n) is 2.88. The second-order valence-corrected chi connectivity index (χ2v) is 6.41. The van der Waals surface area contributed by atoms with Crippen molar-refractivity contribution in [3.63, 3.8) is 0 Å². The summed E-state index contributed by atoms with van der Waals surface area (Å²) < 4.78 is 0. The molecule has 22 heavy (non-hydrogen) atoms. The van der Waals surface area contributed by atoms with Crippen LogP contribution in [-0.4, -0.2) is 33.9 Å². The highest BCUT2D eigenvalue weighted by molar-refractivity contribution is 7.17. The maximum atomic E-state index is 12.9. The van der Waals surface area contributed by atoms with E-state index < -0.39 is 0 Å². The lowest BCUT2D eigenvalue weighted by atomic mass is 10.1. The lowest BCUT2D eigenvalue weighted by Crippen LogP contribution is -2.30. The molecule has 5 nitrogen and oxygen atoms in total. The second-order valence-electron chi connectivity index (χ2n) is 5.41. The minimum Gasteiger partial charge on any atom is -0.362 e. The molecule has 2 aromatic rings. The number of pyridine rings is 1. The molecule has 1 aliphatic rings. The minimum atomic E-state index is 0.0884. The predicted octanol–water partition coefficient (Wildman–Crippen LogP) is 3.26. The fourth-order valence-corrected chi connectivity index (χ4v) is 3.87. The van der Waals surface area contributed by atoms with Crippen molar-refractivity contribution in [3.8, 4) is 0 Å². The Kier molecular flexibility index (Phi) is 4.38. The third-order valence-electron chi connectivity index (χ3n) is 3.90. The van der Waals surface area contributed by atoms with E-state index in [9.17, 15) is 4.79 Å². The molecule has 116 valence electrons. The highest BCUT2D eigenvalue weighted by Gasteiger charge is 2.32. The summed E-state index contributed by atoms with van der Waals surface area (Å²) in [6.07, 6.45) is 5.65. The molecule has 0 aromatic carbocycles. The molecule has 1 atom stereocenters. The van der Waals surface area contributed by atoms with E-state index in [0.29, 0.717) is 0 Å². The number of thiazole rings is 1. The van der Waals surface area contributed by atoms with Gasteiger partial charge in [0, 0.05) is 25.5 Å². The van der Waals surface area contributed by atoms with Crippen molar-refractivity contribution in [2.24, 2.45) is 0 Å². The van der Waals surface area contributed by atoms with Gasteiger partial charge in [0.05, 0.1) is 11.7 Å². The quantitative estimate of drug-likeness (QED) is 0.940. The number of nitrogens with one attached hydrogen (secondary N) is 1. The van der Waals surface area contributed by atoms with Crippen molar-refractivity contribution in [1.29, 1.82) is 0 Å². The predicted molar refractivity (Wildman–Crippen MR) is 88.3 cm³/mol. The van der Waals surface area contributed by atoms with Crippen LogP contribution in [0.3, 0.4) is 0 Å². The molecule has 6 heteroatoms. The number of carbonyl (C=O) groups is 1. The van der Waals surface area contributed by atoms with Gasteiger partial charge in [0.25, 0.3) is 5.91 Å². The molecule has 3 rings (SSSR count). The number of nitrogens with zero attached hydrogens (tertiary/aromatic N) is 3. The maximum Gasteiger partial charge on any atom is 0.266 e. The Morgan fingerprint density at radius 3 is 3.14 bits per heavy atom. The van der Waals surface area contributed by atoms with Crippen molar-refractivity contribution in [2.75, 3.05) is 18.4 Å². The van der Waals surface area contributed by atoms with Crippen molar-refractivity contribution in [1.82, 2.24) is 14.9 Å². The first-order valence-corrected chi connectivity index (χ1v) is 8.44. The Hall–Kier alpha value is -1.95. The summed E-state index contributed by atoms with van der Waals surface area (Å²) in [7, 11) is 0. The van der Waals surface area contributed by atoms with Crippen molar-refractivity contribution < 1.29 is 4.79 Å². The summed E-state index contributed by atoms with van der Waals surface area (Å²) in [5.41, 5.74) is 1.92. The molecule has 1 saturated heterocycles. The van der Waals surface area contributed by atoms with Gasteiger partial charge in [0.1, 0.15) is 4.88 Å². The van der Waals surface area contributed by atoms with Crippen LogP contribution in [0.15, 0.2) is 24.5 Å². The van der Waals surface area contributed by atoms with E-state index in [0.717, 1.165) is 47.2 Å². The summed E-state index contributed by atoms with van der Waals surface area (Å²) in [6, 6.07) is 4.11. The zero-order valence-corrected chi connectivity index (χ0v) is 13.7. The van der Waals surface area contributed by atoms with Crippen LogP contribution in [0.25, 0.3) is 0 Å². The molecule has 0 spiro atoms. The van der Waals surface area contributed by atoms with Gasteiger partial charge in [-0.3, -0.25) is 9.78 Å².